The van der Waals surface area contributed by atoms with Gasteiger partial charge in [-0.15, -0.1) is 0 Å². The van der Waals surface area contributed by atoms with Crippen molar-refractivity contribution in [3.8, 4) is 17.6 Å². The molecule has 2 aromatic rings. The molecule has 1 N–H and O–H groups in total. The van der Waals surface area contributed by atoms with Gasteiger partial charge in [-0.2, -0.15) is 9.57 Å². The Labute approximate surface area is 186 Å². The summed E-state index contributed by atoms with van der Waals surface area (Å²) in [7, 11) is -2.18. The lowest BCUT2D eigenvalue weighted by Gasteiger charge is -2.26. The second-order valence-electron chi connectivity index (χ2n) is 6.72. The van der Waals surface area contributed by atoms with Crippen LogP contribution >= 0.6 is 0 Å². The molecular weight excluding hydrogens is 434 g/mol. The van der Waals surface area contributed by atoms with Crippen LogP contribution in [-0.2, 0) is 19.6 Å². The van der Waals surface area contributed by atoms with Crippen LogP contribution in [0.15, 0.2) is 53.4 Å². The van der Waals surface area contributed by atoms with Gasteiger partial charge in [-0.05, 0) is 42.0 Å². The van der Waals surface area contributed by atoms with Crippen molar-refractivity contribution in [1.29, 1.82) is 5.26 Å². The molecule has 0 aliphatic carbocycles. The zero-order chi connectivity index (χ0) is 23.0. The van der Waals surface area contributed by atoms with Gasteiger partial charge in [0.05, 0.1) is 25.2 Å². The molecule has 0 bridgehead atoms. The first-order valence-electron chi connectivity index (χ1n) is 9.79. The number of methoxy groups -OCH3 is 1. The number of ether oxygens (including phenoxy) is 3. The predicted molar refractivity (Wildman–Crippen MR) is 118 cm³/mol. The van der Waals surface area contributed by atoms with E-state index in [1.54, 1.807) is 36.4 Å². The Balaban J connectivity index is 1.68. The fraction of sp³-hybridized carbons (Fsp3) is 0.273. The largest absolute Gasteiger partial charge is 0.493 e. The number of hydrogen-bond donors (Lipinski definition) is 1. The lowest BCUT2D eigenvalue weighted by atomic mass is 10.2. The molecule has 1 amide bonds. The molecule has 0 radical (unpaired) electrons. The summed E-state index contributed by atoms with van der Waals surface area (Å²) in [6, 6.07) is 13.1. The van der Waals surface area contributed by atoms with Crippen molar-refractivity contribution in [2.45, 2.75) is 4.90 Å². The minimum absolute atomic E-state index is 0.103. The molecule has 1 aliphatic rings. The fourth-order valence-corrected chi connectivity index (χ4v) is 4.50. The van der Waals surface area contributed by atoms with Gasteiger partial charge in [0.2, 0.25) is 15.9 Å². The van der Waals surface area contributed by atoms with Gasteiger partial charge in [-0.25, -0.2) is 8.42 Å². The number of benzene rings is 2. The first kappa shape index (κ1) is 23.3. The van der Waals surface area contributed by atoms with Crippen LogP contribution in [0, 0.1) is 11.3 Å². The van der Waals surface area contributed by atoms with Gasteiger partial charge < -0.3 is 19.5 Å². The molecule has 0 unspecified atom stereocenters. The van der Waals surface area contributed by atoms with Crippen molar-refractivity contribution in [2.24, 2.45) is 0 Å². The van der Waals surface area contributed by atoms with Gasteiger partial charge in [-0.3, -0.25) is 4.79 Å². The number of carbonyl (C=O) groups is 1. The van der Waals surface area contributed by atoms with E-state index in [-0.39, 0.29) is 11.5 Å². The van der Waals surface area contributed by atoms with Gasteiger partial charge in [0.25, 0.3) is 0 Å². The summed E-state index contributed by atoms with van der Waals surface area (Å²) < 4.78 is 42.7. The van der Waals surface area contributed by atoms with Gasteiger partial charge in [-0.1, -0.05) is 12.1 Å². The average molecular weight is 458 g/mol. The zero-order valence-corrected chi connectivity index (χ0v) is 18.3. The Kier molecular flexibility index (Phi) is 7.83. The minimum Gasteiger partial charge on any atom is -0.493 e. The molecule has 1 fully saturated rings. The molecule has 3 rings (SSSR count). The van der Waals surface area contributed by atoms with E-state index < -0.39 is 15.9 Å². The van der Waals surface area contributed by atoms with E-state index in [1.807, 2.05) is 6.07 Å². The lowest BCUT2D eigenvalue weighted by molar-refractivity contribution is -0.111. The Morgan fingerprint density at radius 3 is 2.72 bits per heavy atom. The van der Waals surface area contributed by atoms with Crippen LogP contribution in [0.5, 0.6) is 11.5 Å². The van der Waals surface area contributed by atoms with Crippen molar-refractivity contribution in [2.75, 3.05) is 45.3 Å². The smallest absolute Gasteiger partial charge is 0.248 e. The average Bonchev–Trinajstić information content (AvgIpc) is 2.82. The maximum Gasteiger partial charge on any atom is 0.248 e. The SMILES string of the molecule is COc1cc(C=CC(=O)Nc2cccc(S(=O)(=O)N3CCOCC3)c2)ccc1OCC#N. The van der Waals surface area contributed by atoms with E-state index in [4.69, 9.17) is 19.5 Å². The molecule has 0 saturated carbocycles. The number of nitrogens with zero attached hydrogens (tertiary/aromatic N) is 2. The molecule has 168 valence electrons. The number of carbonyl (C=O) groups excluding carboxylic acids is 1. The van der Waals surface area contributed by atoms with Gasteiger partial charge in [0.15, 0.2) is 18.1 Å². The highest BCUT2D eigenvalue weighted by molar-refractivity contribution is 7.89. The van der Waals surface area contributed by atoms with E-state index in [0.29, 0.717) is 49.1 Å². The number of morpholine rings is 1. The summed E-state index contributed by atoms with van der Waals surface area (Å²) in [5, 5.41) is 11.3. The normalized spacial score (nSPS) is 14.6. The maximum absolute atomic E-state index is 12.8. The zero-order valence-electron chi connectivity index (χ0n) is 17.5. The summed E-state index contributed by atoms with van der Waals surface area (Å²) in [5.41, 5.74) is 1.05. The fourth-order valence-electron chi connectivity index (χ4n) is 3.04. The summed E-state index contributed by atoms with van der Waals surface area (Å²) >= 11 is 0. The third-order valence-corrected chi connectivity index (χ3v) is 6.51. The maximum atomic E-state index is 12.8. The number of rotatable bonds is 8. The Morgan fingerprint density at radius 1 is 1.22 bits per heavy atom. The molecule has 1 aliphatic heterocycles. The highest BCUT2D eigenvalue weighted by atomic mass is 32.2. The molecule has 1 heterocycles. The molecule has 0 aromatic heterocycles. The minimum atomic E-state index is -3.66. The Hall–Kier alpha value is -3.39. The molecule has 2 aromatic carbocycles. The number of hydrogen-bond acceptors (Lipinski definition) is 7. The van der Waals surface area contributed by atoms with Gasteiger partial charge in [0, 0.05) is 24.9 Å². The topological polar surface area (TPSA) is 118 Å². The summed E-state index contributed by atoms with van der Waals surface area (Å²) in [4.78, 5) is 12.5. The van der Waals surface area contributed by atoms with Crippen molar-refractivity contribution in [1.82, 2.24) is 4.31 Å². The predicted octanol–water partition coefficient (Wildman–Crippen LogP) is 2.27. The van der Waals surface area contributed by atoms with Gasteiger partial charge in [0.1, 0.15) is 6.07 Å². The van der Waals surface area contributed by atoms with Gasteiger partial charge >= 0.3 is 0 Å². The van der Waals surface area contributed by atoms with Crippen LogP contribution < -0.4 is 14.8 Å². The van der Waals surface area contributed by atoms with Crippen molar-refractivity contribution in [3.05, 3.63) is 54.1 Å². The third kappa shape index (κ3) is 5.85. The number of sulfonamides is 1. The number of nitrogens with one attached hydrogen (secondary N) is 1. The van der Waals surface area contributed by atoms with E-state index in [9.17, 15) is 13.2 Å². The van der Waals surface area contributed by atoms with Crippen molar-refractivity contribution < 1.29 is 27.4 Å². The Morgan fingerprint density at radius 2 is 2.00 bits per heavy atom. The molecule has 32 heavy (non-hydrogen) atoms. The Bertz CT molecular complexity index is 1130. The molecule has 9 nitrogen and oxygen atoms in total. The van der Waals surface area contributed by atoms with Crippen molar-refractivity contribution >= 4 is 27.7 Å². The highest BCUT2D eigenvalue weighted by Crippen LogP contribution is 2.28. The number of anilines is 1. The third-order valence-electron chi connectivity index (χ3n) is 4.62. The monoisotopic (exact) mass is 457 g/mol. The van der Waals surface area contributed by atoms with Crippen LogP contribution in [0.2, 0.25) is 0 Å². The molecule has 10 heteroatoms. The second-order valence-corrected chi connectivity index (χ2v) is 8.66. The molecule has 1 saturated heterocycles. The van der Waals surface area contributed by atoms with Crippen LogP contribution in [0.1, 0.15) is 5.56 Å². The first-order chi connectivity index (χ1) is 15.4. The number of amides is 1. The van der Waals surface area contributed by atoms with E-state index >= 15 is 0 Å². The van der Waals surface area contributed by atoms with Crippen LogP contribution in [0.3, 0.4) is 0 Å². The first-order valence-corrected chi connectivity index (χ1v) is 11.2. The summed E-state index contributed by atoms with van der Waals surface area (Å²) in [6.07, 6.45) is 2.91. The number of nitriles is 1. The highest BCUT2D eigenvalue weighted by Gasteiger charge is 2.26. The quantitative estimate of drug-likeness (QED) is 0.604. The molecule has 0 spiro atoms. The summed E-state index contributed by atoms with van der Waals surface area (Å²) in [6.45, 7) is 1.21. The van der Waals surface area contributed by atoms with Crippen LogP contribution in [0.4, 0.5) is 5.69 Å². The summed E-state index contributed by atoms with van der Waals surface area (Å²) in [5.74, 6) is 0.437. The van der Waals surface area contributed by atoms with Crippen LogP contribution in [0.25, 0.3) is 6.08 Å². The van der Waals surface area contributed by atoms with E-state index in [2.05, 4.69) is 5.32 Å². The van der Waals surface area contributed by atoms with E-state index in [0.717, 1.165) is 0 Å². The standard InChI is InChI=1S/C22H23N3O6S/c1-29-21-15-17(5-7-20(21)31-12-9-23)6-8-22(26)24-18-3-2-4-19(16-18)32(27,28)25-10-13-30-14-11-25/h2-8,15-16H,10-14H2,1H3,(H,24,26). The van der Waals surface area contributed by atoms with E-state index in [1.165, 1.54) is 29.6 Å². The van der Waals surface area contributed by atoms with Crippen molar-refractivity contribution in [3.63, 3.8) is 0 Å². The molecular formula is C22H23N3O6S. The lowest BCUT2D eigenvalue weighted by Crippen LogP contribution is -2.40. The van der Waals surface area contributed by atoms with Crippen LogP contribution in [-0.4, -0.2) is 58.7 Å². The second kappa shape index (κ2) is 10.8. The molecule has 0 atom stereocenters.